The average Bonchev–Trinajstić information content (AvgIpc) is 2.11. The summed E-state index contributed by atoms with van der Waals surface area (Å²) in [5.41, 5.74) is -0.101. The monoisotopic (exact) mass is 229 g/mol. The van der Waals surface area contributed by atoms with Gasteiger partial charge in [0.1, 0.15) is 0 Å². The van der Waals surface area contributed by atoms with Crippen molar-refractivity contribution in [3.8, 4) is 0 Å². The van der Waals surface area contributed by atoms with Gasteiger partial charge in [0.2, 0.25) is 0 Å². The molecule has 0 aliphatic carbocycles. The van der Waals surface area contributed by atoms with Gasteiger partial charge in [-0.05, 0) is 40.5 Å². The number of likely N-dealkylation sites (tertiary alicyclic amines) is 1. The van der Waals surface area contributed by atoms with Crippen LogP contribution >= 0.6 is 0 Å². The largest absolute Gasteiger partial charge is 0.395 e. The maximum atomic E-state index is 10.2. The molecule has 2 atom stereocenters. The van der Waals surface area contributed by atoms with Crippen LogP contribution < -0.4 is 0 Å². The Morgan fingerprint density at radius 3 is 2.25 bits per heavy atom. The van der Waals surface area contributed by atoms with E-state index < -0.39 is 0 Å². The van der Waals surface area contributed by atoms with Gasteiger partial charge in [-0.1, -0.05) is 6.92 Å². The number of hydrogen-bond donors (Lipinski definition) is 2. The fourth-order valence-electron chi connectivity index (χ4n) is 3.68. The minimum atomic E-state index is -0.232. The van der Waals surface area contributed by atoms with Crippen LogP contribution in [0.2, 0.25) is 0 Å². The maximum Gasteiger partial charge on any atom is 0.0603 e. The molecule has 0 amide bonds. The van der Waals surface area contributed by atoms with Gasteiger partial charge in [0, 0.05) is 23.5 Å². The van der Waals surface area contributed by atoms with Crippen molar-refractivity contribution < 1.29 is 10.2 Å². The number of nitrogens with zero attached hydrogens (tertiary/aromatic N) is 1. The first-order valence-electron chi connectivity index (χ1n) is 6.34. The Kier molecular flexibility index (Phi) is 4.04. The number of hydrogen-bond acceptors (Lipinski definition) is 3. The molecule has 3 nitrogen and oxygen atoms in total. The molecule has 2 N–H and O–H groups in total. The third-order valence-electron chi connectivity index (χ3n) is 4.27. The zero-order valence-electron chi connectivity index (χ0n) is 11.3. The number of aliphatic hydroxyl groups is 2. The fraction of sp³-hybridized carbons (Fsp3) is 1.00. The van der Waals surface area contributed by atoms with Gasteiger partial charge in [0.05, 0.1) is 12.7 Å². The van der Waals surface area contributed by atoms with Crippen LogP contribution in [0.15, 0.2) is 0 Å². The highest BCUT2D eigenvalue weighted by atomic mass is 16.3. The first-order chi connectivity index (χ1) is 7.27. The second-order valence-corrected chi connectivity index (χ2v) is 6.13. The molecule has 0 radical (unpaired) electrons. The lowest BCUT2D eigenvalue weighted by molar-refractivity contribution is -0.129. The zero-order chi connectivity index (χ0) is 12.6. The van der Waals surface area contributed by atoms with Crippen molar-refractivity contribution in [2.45, 2.75) is 64.6 Å². The van der Waals surface area contributed by atoms with E-state index in [1.54, 1.807) is 0 Å². The van der Waals surface area contributed by atoms with Crippen LogP contribution in [0, 0.1) is 5.92 Å². The van der Waals surface area contributed by atoms with E-state index in [-0.39, 0.29) is 29.7 Å². The van der Waals surface area contributed by atoms with Gasteiger partial charge in [0.15, 0.2) is 0 Å². The maximum absolute atomic E-state index is 10.2. The van der Waals surface area contributed by atoms with E-state index in [9.17, 15) is 10.2 Å². The summed E-state index contributed by atoms with van der Waals surface area (Å²) < 4.78 is 0. The summed E-state index contributed by atoms with van der Waals surface area (Å²) in [5, 5.41) is 19.4. The van der Waals surface area contributed by atoms with E-state index in [4.69, 9.17) is 0 Å². The third kappa shape index (κ3) is 2.27. The van der Waals surface area contributed by atoms with Gasteiger partial charge in [-0.15, -0.1) is 0 Å². The number of piperidine rings is 1. The number of rotatable bonds is 3. The molecule has 1 rings (SSSR count). The number of aliphatic hydroxyl groups excluding tert-OH is 2. The zero-order valence-corrected chi connectivity index (χ0v) is 11.3. The standard InChI is InChI=1S/C13H27NO2/c1-6-10-11(16)9-12(2,3)14(7-8-15)13(10,4)5/h10-11,15-16H,6-9H2,1-5H3. The third-order valence-corrected chi connectivity index (χ3v) is 4.27. The Labute approximate surface area is 99.5 Å². The van der Waals surface area contributed by atoms with Gasteiger partial charge in [0.25, 0.3) is 0 Å². The highest BCUT2D eigenvalue weighted by Gasteiger charge is 2.49. The van der Waals surface area contributed by atoms with Crippen LogP contribution in [0.25, 0.3) is 0 Å². The molecule has 0 aromatic rings. The van der Waals surface area contributed by atoms with Crippen LogP contribution in [0.4, 0.5) is 0 Å². The van der Waals surface area contributed by atoms with Crippen LogP contribution in [0.3, 0.4) is 0 Å². The first kappa shape index (κ1) is 13.9. The molecule has 1 saturated heterocycles. The fourth-order valence-corrected chi connectivity index (χ4v) is 3.68. The summed E-state index contributed by atoms with van der Waals surface area (Å²) in [7, 11) is 0. The van der Waals surface area contributed by atoms with E-state index in [1.807, 2.05) is 0 Å². The van der Waals surface area contributed by atoms with Crippen LogP contribution in [-0.4, -0.2) is 45.4 Å². The molecule has 96 valence electrons. The van der Waals surface area contributed by atoms with Gasteiger partial charge in [-0.25, -0.2) is 0 Å². The Hall–Kier alpha value is -0.120. The van der Waals surface area contributed by atoms with E-state index in [0.29, 0.717) is 6.54 Å². The molecular formula is C13H27NO2. The highest BCUT2D eigenvalue weighted by Crippen LogP contribution is 2.43. The first-order valence-corrected chi connectivity index (χ1v) is 6.34. The molecular weight excluding hydrogens is 202 g/mol. The summed E-state index contributed by atoms with van der Waals surface area (Å²) in [6.45, 7) is 11.7. The molecule has 0 aromatic heterocycles. The Bertz CT molecular complexity index is 238. The van der Waals surface area contributed by atoms with E-state index >= 15 is 0 Å². The van der Waals surface area contributed by atoms with Crippen molar-refractivity contribution in [3.63, 3.8) is 0 Å². The average molecular weight is 229 g/mol. The van der Waals surface area contributed by atoms with Crippen molar-refractivity contribution >= 4 is 0 Å². The quantitative estimate of drug-likeness (QED) is 0.773. The molecule has 0 bridgehead atoms. The van der Waals surface area contributed by atoms with Crippen LogP contribution in [0.5, 0.6) is 0 Å². The molecule has 0 spiro atoms. The predicted molar refractivity (Wildman–Crippen MR) is 66.4 cm³/mol. The molecule has 3 heteroatoms. The second-order valence-electron chi connectivity index (χ2n) is 6.13. The Balaban J connectivity index is 3.01. The van der Waals surface area contributed by atoms with Crippen LogP contribution in [-0.2, 0) is 0 Å². The molecule has 0 saturated carbocycles. The lowest BCUT2D eigenvalue weighted by Gasteiger charge is -2.58. The van der Waals surface area contributed by atoms with Gasteiger partial charge < -0.3 is 10.2 Å². The molecule has 0 aromatic carbocycles. The van der Waals surface area contributed by atoms with Crippen LogP contribution in [0.1, 0.15) is 47.5 Å². The Morgan fingerprint density at radius 1 is 1.25 bits per heavy atom. The van der Waals surface area contributed by atoms with Crippen molar-refractivity contribution in [2.75, 3.05) is 13.2 Å². The SMILES string of the molecule is CCC1C(O)CC(C)(C)N(CCO)C1(C)C. The van der Waals surface area contributed by atoms with Gasteiger partial charge in [-0.2, -0.15) is 0 Å². The minimum absolute atomic E-state index is 0.0443. The highest BCUT2D eigenvalue weighted by molar-refractivity contribution is 5.04. The summed E-state index contributed by atoms with van der Waals surface area (Å²) in [4.78, 5) is 2.35. The topological polar surface area (TPSA) is 43.7 Å². The smallest absolute Gasteiger partial charge is 0.0603 e. The van der Waals surface area contributed by atoms with Crippen molar-refractivity contribution in [1.29, 1.82) is 0 Å². The van der Waals surface area contributed by atoms with Gasteiger partial charge >= 0.3 is 0 Å². The molecule has 1 aliphatic heterocycles. The predicted octanol–water partition coefficient (Wildman–Crippen LogP) is 1.63. The van der Waals surface area contributed by atoms with Crippen molar-refractivity contribution in [1.82, 2.24) is 4.90 Å². The molecule has 16 heavy (non-hydrogen) atoms. The summed E-state index contributed by atoms with van der Waals surface area (Å²) in [6.07, 6.45) is 1.53. The van der Waals surface area contributed by atoms with Gasteiger partial charge in [-0.3, -0.25) is 4.90 Å². The lowest BCUT2D eigenvalue weighted by Crippen LogP contribution is -2.66. The van der Waals surface area contributed by atoms with E-state index in [0.717, 1.165) is 12.8 Å². The van der Waals surface area contributed by atoms with Crippen molar-refractivity contribution in [3.05, 3.63) is 0 Å². The molecule has 1 heterocycles. The summed E-state index contributed by atoms with van der Waals surface area (Å²) in [5.74, 6) is 0.284. The van der Waals surface area contributed by atoms with Crippen molar-refractivity contribution in [2.24, 2.45) is 5.92 Å². The summed E-state index contributed by atoms with van der Waals surface area (Å²) >= 11 is 0. The summed E-state index contributed by atoms with van der Waals surface area (Å²) in [6, 6.07) is 0. The van der Waals surface area contributed by atoms with E-state index in [2.05, 4.69) is 39.5 Å². The Morgan fingerprint density at radius 2 is 1.81 bits per heavy atom. The molecule has 2 unspecified atom stereocenters. The lowest BCUT2D eigenvalue weighted by atomic mass is 9.69. The normalized spacial score (nSPS) is 33.9. The van der Waals surface area contributed by atoms with E-state index in [1.165, 1.54) is 0 Å². The molecule has 1 aliphatic rings. The molecule has 1 fully saturated rings. The number of β-amino-alcohol motifs (C(OH)–C–C–N with tert-alkyl or cyclic N) is 1. The minimum Gasteiger partial charge on any atom is -0.395 e. The second kappa shape index (κ2) is 4.63.